The minimum Gasteiger partial charge on any atom is -0.304 e. The van der Waals surface area contributed by atoms with E-state index in [2.05, 4.69) is 16.9 Å². The van der Waals surface area contributed by atoms with Crippen molar-refractivity contribution in [2.45, 2.75) is 12.2 Å². The smallest absolute Gasteiger partial charge is 0.252 e. The van der Waals surface area contributed by atoms with Crippen LogP contribution in [0.2, 0.25) is 0 Å². The van der Waals surface area contributed by atoms with Gasteiger partial charge in [-0.15, -0.1) is 6.58 Å². The monoisotopic (exact) mass is 275 g/mol. The number of amides is 1. The number of hydrogen-bond donors (Lipinski definition) is 1. The normalized spacial score (nSPS) is 20.3. The third-order valence-electron chi connectivity index (χ3n) is 3.03. The Bertz CT molecular complexity index is 400. The van der Waals surface area contributed by atoms with Crippen molar-refractivity contribution < 1.29 is 13.2 Å². The van der Waals surface area contributed by atoms with Crippen LogP contribution in [0.4, 0.5) is 0 Å². The molecule has 0 saturated carbocycles. The van der Waals surface area contributed by atoms with Crippen LogP contribution in [0.15, 0.2) is 12.7 Å². The molecule has 0 radical (unpaired) electrons. The highest BCUT2D eigenvalue weighted by atomic mass is 32.2. The molecule has 1 saturated heterocycles. The van der Waals surface area contributed by atoms with Crippen molar-refractivity contribution in [2.24, 2.45) is 0 Å². The molecule has 6 nitrogen and oxygen atoms in total. The summed E-state index contributed by atoms with van der Waals surface area (Å²) < 4.78 is 23.4. The van der Waals surface area contributed by atoms with Gasteiger partial charge in [0.1, 0.15) is 5.25 Å². The number of rotatable bonds is 5. The number of carbonyl (C=O) groups is 1. The van der Waals surface area contributed by atoms with Gasteiger partial charge in [-0.25, -0.2) is 13.4 Å². The zero-order chi connectivity index (χ0) is 13.8. The summed E-state index contributed by atoms with van der Waals surface area (Å²) in [5.74, 6) is -0.647. The Labute approximate surface area is 109 Å². The van der Waals surface area contributed by atoms with Crippen LogP contribution in [-0.2, 0) is 14.6 Å². The summed E-state index contributed by atoms with van der Waals surface area (Å²) in [6.07, 6.45) is 1.30. The fourth-order valence-electron chi connectivity index (χ4n) is 1.64. The Morgan fingerprint density at radius 2 is 1.94 bits per heavy atom. The molecule has 0 spiro atoms. The van der Waals surface area contributed by atoms with Crippen LogP contribution in [0.25, 0.3) is 0 Å². The van der Waals surface area contributed by atoms with Crippen LogP contribution in [0.1, 0.15) is 6.92 Å². The van der Waals surface area contributed by atoms with Crippen LogP contribution < -0.4 is 5.43 Å². The fraction of sp³-hybridized carbons (Fsp3) is 0.727. The van der Waals surface area contributed by atoms with E-state index in [-0.39, 0.29) is 5.75 Å². The van der Waals surface area contributed by atoms with Crippen molar-refractivity contribution in [1.82, 2.24) is 15.3 Å². The summed E-state index contributed by atoms with van der Waals surface area (Å²) in [6, 6.07) is 0. The molecule has 1 rings (SSSR count). The van der Waals surface area contributed by atoms with Gasteiger partial charge in [0.05, 0.1) is 5.75 Å². The molecule has 1 aliphatic heterocycles. The van der Waals surface area contributed by atoms with Crippen LogP contribution in [-0.4, -0.2) is 68.5 Å². The number of sulfone groups is 1. The van der Waals surface area contributed by atoms with E-state index < -0.39 is 21.0 Å². The zero-order valence-electron chi connectivity index (χ0n) is 10.9. The average Bonchev–Trinajstić information content (AvgIpc) is 2.31. The number of nitrogens with zero attached hydrogens (tertiary/aromatic N) is 2. The molecular weight excluding hydrogens is 254 g/mol. The largest absolute Gasteiger partial charge is 0.304 e. The van der Waals surface area contributed by atoms with E-state index in [0.29, 0.717) is 13.1 Å². The van der Waals surface area contributed by atoms with E-state index in [9.17, 15) is 13.2 Å². The molecular formula is C11H21N3O3S. The van der Waals surface area contributed by atoms with E-state index in [0.717, 1.165) is 13.1 Å². The van der Waals surface area contributed by atoms with Gasteiger partial charge in [0.15, 0.2) is 9.84 Å². The highest BCUT2D eigenvalue weighted by molar-refractivity contribution is 7.92. The highest BCUT2D eigenvalue weighted by Crippen LogP contribution is 2.04. The van der Waals surface area contributed by atoms with Gasteiger partial charge in [0.2, 0.25) is 0 Å². The highest BCUT2D eigenvalue weighted by Gasteiger charge is 2.28. The second-order valence-electron chi connectivity index (χ2n) is 4.53. The molecule has 1 fully saturated rings. The van der Waals surface area contributed by atoms with Gasteiger partial charge < -0.3 is 4.90 Å². The Balaban J connectivity index is 2.52. The van der Waals surface area contributed by atoms with Crippen molar-refractivity contribution in [3.63, 3.8) is 0 Å². The third kappa shape index (κ3) is 4.08. The lowest BCUT2D eigenvalue weighted by Crippen LogP contribution is -2.55. The van der Waals surface area contributed by atoms with E-state index in [1.807, 2.05) is 7.05 Å². The molecule has 18 heavy (non-hydrogen) atoms. The Hall–Kier alpha value is -0.920. The average molecular weight is 275 g/mol. The first-order valence-electron chi connectivity index (χ1n) is 5.93. The van der Waals surface area contributed by atoms with Crippen molar-refractivity contribution >= 4 is 15.7 Å². The number of carbonyl (C=O) groups excluding carboxylic acids is 1. The molecule has 1 unspecified atom stereocenters. The quantitative estimate of drug-likeness (QED) is 0.669. The van der Waals surface area contributed by atoms with Crippen molar-refractivity contribution in [1.29, 1.82) is 0 Å². The van der Waals surface area contributed by atoms with Crippen molar-refractivity contribution in [3.05, 3.63) is 12.7 Å². The molecule has 0 aromatic rings. The topological polar surface area (TPSA) is 69.7 Å². The van der Waals surface area contributed by atoms with Crippen molar-refractivity contribution in [3.8, 4) is 0 Å². The number of hydrogen-bond acceptors (Lipinski definition) is 5. The third-order valence-corrected chi connectivity index (χ3v) is 5.02. The van der Waals surface area contributed by atoms with E-state index in [1.165, 1.54) is 13.0 Å². The van der Waals surface area contributed by atoms with E-state index in [4.69, 9.17) is 0 Å². The lowest BCUT2D eigenvalue weighted by Gasteiger charge is -2.32. The van der Waals surface area contributed by atoms with Gasteiger partial charge in [-0.3, -0.25) is 10.2 Å². The van der Waals surface area contributed by atoms with Gasteiger partial charge in [-0.2, -0.15) is 0 Å². The van der Waals surface area contributed by atoms with Crippen LogP contribution in [0.3, 0.4) is 0 Å². The van der Waals surface area contributed by atoms with Crippen LogP contribution in [0.5, 0.6) is 0 Å². The first-order valence-corrected chi connectivity index (χ1v) is 7.65. The lowest BCUT2D eigenvalue weighted by molar-refractivity contribution is -0.126. The molecule has 0 aromatic carbocycles. The summed E-state index contributed by atoms with van der Waals surface area (Å²) in [4.78, 5) is 14.0. The second kappa shape index (κ2) is 6.31. The Morgan fingerprint density at radius 3 is 2.44 bits per heavy atom. The first-order chi connectivity index (χ1) is 8.36. The molecule has 104 valence electrons. The fourth-order valence-corrected chi connectivity index (χ4v) is 2.63. The molecule has 1 heterocycles. The zero-order valence-corrected chi connectivity index (χ0v) is 11.7. The second-order valence-corrected chi connectivity index (χ2v) is 6.89. The minimum absolute atomic E-state index is 0.176. The lowest BCUT2D eigenvalue weighted by atomic mass is 10.4. The maximum Gasteiger partial charge on any atom is 0.252 e. The summed E-state index contributed by atoms with van der Waals surface area (Å²) in [5, 5.41) is 0.720. The molecule has 1 aliphatic rings. The maximum atomic E-state index is 11.8. The first kappa shape index (κ1) is 15.1. The Kier molecular flexibility index (Phi) is 5.30. The molecule has 1 atom stereocenters. The number of piperazine rings is 1. The van der Waals surface area contributed by atoms with Gasteiger partial charge in [-0.05, 0) is 14.0 Å². The number of nitrogens with one attached hydrogen (secondary N) is 1. The van der Waals surface area contributed by atoms with Crippen molar-refractivity contribution in [2.75, 3.05) is 39.0 Å². The van der Waals surface area contributed by atoms with Gasteiger partial charge in [-0.1, -0.05) is 6.08 Å². The number of hydrazine groups is 1. The number of likely N-dealkylation sites (N-methyl/N-ethyl adjacent to an activating group) is 1. The van der Waals surface area contributed by atoms with E-state index in [1.54, 1.807) is 5.01 Å². The standard InChI is InChI=1S/C11H21N3O3S/c1-4-9-18(16,17)10(2)11(15)12-14-7-5-13(3)6-8-14/h4,10H,1,5-9H2,2-3H3,(H,12,15). The van der Waals surface area contributed by atoms with Gasteiger partial charge >= 0.3 is 0 Å². The van der Waals surface area contributed by atoms with Gasteiger partial charge in [0.25, 0.3) is 5.91 Å². The molecule has 0 aromatic heterocycles. The van der Waals surface area contributed by atoms with Gasteiger partial charge in [0, 0.05) is 26.2 Å². The summed E-state index contributed by atoms with van der Waals surface area (Å²) in [5.41, 5.74) is 2.66. The predicted molar refractivity (Wildman–Crippen MR) is 70.7 cm³/mol. The molecule has 0 aliphatic carbocycles. The molecule has 1 N–H and O–H groups in total. The van der Waals surface area contributed by atoms with Crippen LogP contribution >= 0.6 is 0 Å². The van der Waals surface area contributed by atoms with Crippen LogP contribution in [0, 0.1) is 0 Å². The van der Waals surface area contributed by atoms with E-state index >= 15 is 0 Å². The predicted octanol–water partition coefficient (Wildman–Crippen LogP) is -0.746. The maximum absolute atomic E-state index is 11.8. The summed E-state index contributed by atoms with van der Waals surface area (Å²) in [6.45, 7) is 7.91. The Morgan fingerprint density at radius 1 is 1.39 bits per heavy atom. The molecule has 1 amide bonds. The molecule has 0 bridgehead atoms. The minimum atomic E-state index is -3.44. The summed E-state index contributed by atoms with van der Waals surface area (Å²) in [7, 11) is -1.43. The SMILES string of the molecule is C=CCS(=O)(=O)C(C)C(=O)NN1CCN(C)CC1. The molecule has 7 heteroatoms. The summed E-state index contributed by atoms with van der Waals surface area (Å²) >= 11 is 0.